The van der Waals surface area contributed by atoms with Gasteiger partial charge in [0, 0.05) is 66.6 Å². The number of aromatic amines is 1. The fourth-order valence-electron chi connectivity index (χ4n) is 4.46. The number of nitrogens with one attached hydrogen (secondary N) is 4. The van der Waals surface area contributed by atoms with Crippen LogP contribution >= 0.6 is 0 Å². The van der Waals surface area contributed by atoms with Crippen molar-refractivity contribution in [3.8, 4) is 0 Å². The fourth-order valence-corrected chi connectivity index (χ4v) is 4.46. The molecule has 8 heteroatoms. The van der Waals surface area contributed by atoms with Gasteiger partial charge in [-0.1, -0.05) is 0 Å². The van der Waals surface area contributed by atoms with Crippen LogP contribution in [-0.4, -0.2) is 48.6 Å². The first-order valence-electron chi connectivity index (χ1n) is 11.3. The highest BCUT2D eigenvalue weighted by molar-refractivity contribution is 6.36. The van der Waals surface area contributed by atoms with E-state index in [1.54, 1.807) is 6.07 Å². The molecule has 0 bridgehead atoms. The standard InChI is InChI=1S/C25H33N5O3/c1-5-30(19-6-8-33-9-7-19)23-12-18(22(27)13-26)11-20(17(23)4)24(31)28-14-21-15(2)10-16(3)29-25(21)32/h10-13,19,26-27H,5-9,14H2,1-4H3,(H,28,31)(H,29,32). The van der Waals surface area contributed by atoms with Gasteiger partial charge in [0.15, 0.2) is 0 Å². The third-order valence-corrected chi connectivity index (χ3v) is 6.28. The van der Waals surface area contributed by atoms with E-state index in [0.717, 1.165) is 48.1 Å². The molecule has 3 rings (SSSR count). The molecule has 1 aliphatic heterocycles. The highest BCUT2D eigenvalue weighted by Gasteiger charge is 2.25. The topological polar surface area (TPSA) is 122 Å². The number of H-pyrrole nitrogens is 1. The van der Waals surface area contributed by atoms with Crippen molar-refractivity contribution in [1.29, 1.82) is 10.8 Å². The summed E-state index contributed by atoms with van der Waals surface area (Å²) in [5, 5.41) is 18.6. The maximum atomic E-state index is 13.2. The minimum atomic E-state index is -0.309. The number of amides is 1. The Morgan fingerprint density at radius 3 is 2.55 bits per heavy atom. The number of hydrogen-bond acceptors (Lipinski definition) is 6. The average Bonchev–Trinajstić information content (AvgIpc) is 2.79. The molecule has 8 nitrogen and oxygen atoms in total. The molecular weight excluding hydrogens is 418 g/mol. The Balaban J connectivity index is 1.97. The number of pyridine rings is 1. The minimum Gasteiger partial charge on any atom is -0.381 e. The maximum absolute atomic E-state index is 13.2. The predicted octanol–water partition coefficient (Wildman–Crippen LogP) is 3.25. The van der Waals surface area contributed by atoms with Gasteiger partial charge in [0.05, 0.1) is 5.71 Å². The van der Waals surface area contributed by atoms with Crippen LogP contribution in [0, 0.1) is 31.6 Å². The summed E-state index contributed by atoms with van der Waals surface area (Å²) in [5.41, 5.74) is 4.63. The van der Waals surface area contributed by atoms with E-state index in [-0.39, 0.29) is 29.8 Å². The van der Waals surface area contributed by atoms with Crippen molar-refractivity contribution in [2.45, 2.75) is 53.1 Å². The summed E-state index contributed by atoms with van der Waals surface area (Å²) in [7, 11) is 0. The lowest BCUT2D eigenvalue weighted by Gasteiger charge is -2.37. The summed E-state index contributed by atoms with van der Waals surface area (Å²) in [6.45, 7) is 9.94. The van der Waals surface area contributed by atoms with Crippen LogP contribution in [0.2, 0.25) is 0 Å². The zero-order valence-corrected chi connectivity index (χ0v) is 19.8. The number of carbonyl (C=O) groups excluding carboxylic acids is 1. The van der Waals surface area contributed by atoms with Crippen LogP contribution in [0.4, 0.5) is 5.69 Å². The molecule has 0 spiro atoms. The van der Waals surface area contributed by atoms with Gasteiger partial charge < -0.3 is 25.3 Å². The predicted molar refractivity (Wildman–Crippen MR) is 131 cm³/mol. The number of benzene rings is 1. The average molecular weight is 452 g/mol. The number of nitrogens with zero attached hydrogens (tertiary/aromatic N) is 1. The van der Waals surface area contributed by atoms with E-state index < -0.39 is 0 Å². The third kappa shape index (κ3) is 5.39. The summed E-state index contributed by atoms with van der Waals surface area (Å²) in [6, 6.07) is 5.72. The molecule has 1 amide bonds. The van der Waals surface area contributed by atoms with Crippen LogP contribution in [0.25, 0.3) is 0 Å². The Hall–Kier alpha value is -3.26. The first-order chi connectivity index (χ1) is 15.8. The quantitative estimate of drug-likeness (QED) is 0.460. The number of rotatable bonds is 8. The molecule has 0 atom stereocenters. The lowest BCUT2D eigenvalue weighted by molar-refractivity contribution is 0.0845. The number of hydrogen-bond donors (Lipinski definition) is 4. The van der Waals surface area contributed by atoms with Gasteiger partial charge in [0.1, 0.15) is 0 Å². The molecule has 0 aliphatic carbocycles. The lowest BCUT2D eigenvalue weighted by atomic mass is 9.96. The fraction of sp³-hybridized carbons (Fsp3) is 0.440. The van der Waals surface area contributed by atoms with E-state index >= 15 is 0 Å². The van der Waals surface area contributed by atoms with Gasteiger partial charge in [-0.2, -0.15) is 0 Å². The minimum absolute atomic E-state index is 0.0409. The molecule has 0 unspecified atom stereocenters. The number of aromatic nitrogens is 1. The van der Waals surface area contributed by atoms with Crippen molar-refractivity contribution in [2.24, 2.45) is 0 Å². The van der Waals surface area contributed by atoms with Gasteiger partial charge in [0.2, 0.25) is 0 Å². The Kier molecular flexibility index (Phi) is 7.81. The van der Waals surface area contributed by atoms with Crippen molar-refractivity contribution < 1.29 is 9.53 Å². The highest BCUT2D eigenvalue weighted by Crippen LogP contribution is 2.30. The van der Waals surface area contributed by atoms with Gasteiger partial charge in [-0.3, -0.25) is 15.0 Å². The third-order valence-electron chi connectivity index (χ3n) is 6.28. The van der Waals surface area contributed by atoms with Crippen LogP contribution in [0.15, 0.2) is 23.0 Å². The summed E-state index contributed by atoms with van der Waals surface area (Å²) >= 11 is 0. The van der Waals surface area contributed by atoms with Crippen LogP contribution in [0.5, 0.6) is 0 Å². The van der Waals surface area contributed by atoms with Gasteiger partial charge in [0.25, 0.3) is 11.5 Å². The van der Waals surface area contributed by atoms with Crippen molar-refractivity contribution in [3.63, 3.8) is 0 Å². The largest absolute Gasteiger partial charge is 0.381 e. The Morgan fingerprint density at radius 1 is 1.24 bits per heavy atom. The lowest BCUT2D eigenvalue weighted by Crippen LogP contribution is -2.40. The summed E-state index contributed by atoms with van der Waals surface area (Å²) in [6.07, 6.45) is 2.78. The summed E-state index contributed by atoms with van der Waals surface area (Å²) < 4.78 is 5.52. The van der Waals surface area contributed by atoms with Gasteiger partial charge in [-0.25, -0.2) is 0 Å². The Labute approximate surface area is 194 Å². The zero-order valence-electron chi connectivity index (χ0n) is 19.8. The summed E-state index contributed by atoms with van der Waals surface area (Å²) in [4.78, 5) is 30.6. The number of carbonyl (C=O) groups is 1. The van der Waals surface area contributed by atoms with E-state index in [4.69, 9.17) is 15.6 Å². The number of anilines is 1. The van der Waals surface area contributed by atoms with Gasteiger partial charge in [-0.15, -0.1) is 0 Å². The highest BCUT2D eigenvalue weighted by atomic mass is 16.5. The Bertz CT molecular complexity index is 1120. The van der Waals surface area contributed by atoms with Crippen LogP contribution in [0.1, 0.15) is 58.1 Å². The SMILES string of the molecule is CCN(c1cc(C(=N)C=N)cc(C(=O)NCc2c(C)cc(C)[nH]c2=O)c1C)C1CCOCC1. The molecule has 2 heterocycles. The van der Waals surface area contributed by atoms with Crippen LogP contribution in [0.3, 0.4) is 0 Å². The monoisotopic (exact) mass is 451 g/mol. The second-order valence-electron chi connectivity index (χ2n) is 8.48. The van der Waals surface area contributed by atoms with E-state index in [2.05, 4.69) is 22.1 Å². The van der Waals surface area contributed by atoms with Gasteiger partial charge in [-0.05, 0) is 69.9 Å². The van der Waals surface area contributed by atoms with E-state index in [9.17, 15) is 9.59 Å². The smallest absolute Gasteiger partial charge is 0.253 e. The molecule has 1 fully saturated rings. The van der Waals surface area contributed by atoms with Crippen LogP contribution < -0.4 is 15.8 Å². The first kappa shape index (κ1) is 24.4. The van der Waals surface area contributed by atoms with Crippen molar-refractivity contribution in [2.75, 3.05) is 24.7 Å². The van der Waals surface area contributed by atoms with Crippen molar-refractivity contribution in [1.82, 2.24) is 10.3 Å². The van der Waals surface area contributed by atoms with Crippen LogP contribution in [-0.2, 0) is 11.3 Å². The Morgan fingerprint density at radius 2 is 1.94 bits per heavy atom. The van der Waals surface area contributed by atoms with E-state index in [0.29, 0.717) is 29.9 Å². The molecular formula is C25H33N5O3. The second-order valence-corrected chi connectivity index (χ2v) is 8.48. The molecule has 176 valence electrons. The second kappa shape index (κ2) is 10.6. The normalized spacial score (nSPS) is 14.1. The van der Waals surface area contributed by atoms with E-state index in [1.165, 1.54) is 0 Å². The molecule has 1 aromatic carbocycles. The molecule has 1 saturated heterocycles. The van der Waals surface area contributed by atoms with Crippen molar-refractivity contribution >= 4 is 23.5 Å². The summed E-state index contributed by atoms with van der Waals surface area (Å²) in [5.74, 6) is -0.309. The van der Waals surface area contributed by atoms with Crippen molar-refractivity contribution in [3.05, 3.63) is 62.1 Å². The van der Waals surface area contributed by atoms with Gasteiger partial charge >= 0.3 is 0 Å². The maximum Gasteiger partial charge on any atom is 0.253 e. The molecule has 33 heavy (non-hydrogen) atoms. The number of ether oxygens (including phenoxy) is 1. The van der Waals surface area contributed by atoms with E-state index in [1.807, 2.05) is 32.9 Å². The molecule has 0 saturated carbocycles. The molecule has 1 aliphatic rings. The zero-order chi connectivity index (χ0) is 24.1. The molecule has 0 radical (unpaired) electrons. The first-order valence-corrected chi connectivity index (χ1v) is 11.3. The molecule has 4 N–H and O–H groups in total. The molecule has 1 aromatic heterocycles. The molecule has 2 aromatic rings. The number of aryl methyl sites for hydroxylation is 2.